The van der Waals surface area contributed by atoms with Crippen molar-refractivity contribution in [2.75, 3.05) is 18.0 Å². The van der Waals surface area contributed by atoms with Gasteiger partial charge in [0.25, 0.3) is 0 Å². The fraction of sp³-hybridized carbons (Fsp3) is 0.250. The van der Waals surface area contributed by atoms with Crippen molar-refractivity contribution in [2.24, 2.45) is 0 Å². The summed E-state index contributed by atoms with van der Waals surface area (Å²) >= 11 is 3.26. The molecule has 1 atom stereocenters. The molecule has 0 fully saturated rings. The number of halogens is 2. The molecular weight excluding hydrogens is 479 g/mol. The SMILES string of the molecule is Cc1ccc2c(c1C)N(CCCNCc1cc(Br)cc(F)c1O)c1ccccc1S2=O. The topological polar surface area (TPSA) is 52.6 Å². The number of anilines is 2. The third-order valence-corrected chi connectivity index (χ3v) is 7.58. The van der Waals surface area contributed by atoms with Crippen molar-refractivity contribution in [1.82, 2.24) is 5.32 Å². The minimum Gasteiger partial charge on any atom is -0.505 e. The second kappa shape index (κ2) is 9.10. The van der Waals surface area contributed by atoms with Gasteiger partial charge in [0.15, 0.2) is 11.6 Å². The molecule has 4 nitrogen and oxygen atoms in total. The first kappa shape index (κ1) is 22.0. The summed E-state index contributed by atoms with van der Waals surface area (Å²) in [6.45, 7) is 5.96. The number of hydrogen-bond acceptors (Lipinski definition) is 4. The molecule has 0 saturated carbocycles. The Kier molecular flexibility index (Phi) is 6.46. The van der Waals surface area contributed by atoms with Gasteiger partial charge in [-0.15, -0.1) is 0 Å². The van der Waals surface area contributed by atoms with Gasteiger partial charge in [-0.1, -0.05) is 34.1 Å². The fourth-order valence-electron chi connectivity index (χ4n) is 3.91. The first-order valence-electron chi connectivity index (χ1n) is 10.1. The van der Waals surface area contributed by atoms with Gasteiger partial charge in [-0.2, -0.15) is 0 Å². The Bertz CT molecular complexity index is 1170. The van der Waals surface area contributed by atoms with E-state index in [2.05, 4.69) is 40.0 Å². The second-order valence-electron chi connectivity index (χ2n) is 7.67. The van der Waals surface area contributed by atoms with Gasteiger partial charge in [-0.25, -0.2) is 8.60 Å². The first-order valence-corrected chi connectivity index (χ1v) is 12.1. The van der Waals surface area contributed by atoms with Crippen LogP contribution in [0.5, 0.6) is 5.75 Å². The van der Waals surface area contributed by atoms with E-state index in [-0.39, 0.29) is 5.75 Å². The minimum atomic E-state index is -1.20. The van der Waals surface area contributed by atoms with E-state index >= 15 is 0 Å². The predicted molar refractivity (Wildman–Crippen MR) is 126 cm³/mol. The molecule has 1 aliphatic heterocycles. The second-order valence-corrected chi connectivity index (χ2v) is 10.0. The summed E-state index contributed by atoms with van der Waals surface area (Å²) in [5.41, 5.74) is 4.84. The molecule has 0 radical (unpaired) electrons. The zero-order valence-corrected chi connectivity index (χ0v) is 19.8. The largest absolute Gasteiger partial charge is 0.505 e. The average Bonchev–Trinajstić information content (AvgIpc) is 2.75. The molecule has 0 saturated heterocycles. The van der Waals surface area contributed by atoms with E-state index in [1.807, 2.05) is 36.4 Å². The van der Waals surface area contributed by atoms with Gasteiger partial charge >= 0.3 is 0 Å². The van der Waals surface area contributed by atoms with Gasteiger partial charge in [0.2, 0.25) is 0 Å². The number of phenols is 1. The van der Waals surface area contributed by atoms with Gasteiger partial charge in [0.1, 0.15) is 0 Å². The molecule has 3 aromatic rings. The van der Waals surface area contributed by atoms with Crippen LogP contribution < -0.4 is 10.2 Å². The lowest BCUT2D eigenvalue weighted by molar-refractivity contribution is 0.422. The standard InChI is InChI=1S/C24H24BrFN2O2S/c1-15-8-9-22-23(16(15)2)28(20-6-3-4-7-21(20)31(22)30)11-5-10-27-14-17-12-18(25)13-19(26)24(17)29/h3-4,6-9,12-13,27,29H,5,10-11,14H2,1-2H3. The van der Waals surface area contributed by atoms with Crippen LogP contribution in [0.1, 0.15) is 23.1 Å². The van der Waals surface area contributed by atoms with Crippen molar-refractivity contribution in [3.63, 3.8) is 0 Å². The first-order chi connectivity index (χ1) is 14.9. The van der Waals surface area contributed by atoms with Crippen LogP contribution in [0.2, 0.25) is 0 Å². The number of phenolic OH excluding ortho intramolecular Hbond substituents is 1. The Hall–Kier alpha value is -2.22. The Morgan fingerprint density at radius 2 is 1.90 bits per heavy atom. The van der Waals surface area contributed by atoms with Crippen LogP contribution in [0.3, 0.4) is 0 Å². The molecule has 31 heavy (non-hydrogen) atoms. The maximum Gasteiger partial charge on any atom is 0.166 e. The number of rotatable bonds is 6. The summed E-state index contributed by atoms with van der Waals surface area (Å²) in [6, 6.07) is 14.8. The molecule has 0 spiro atoms. The van der Waals surface area contributed by atoms with E-state index in [0.29, 0.717) is 23.1 Å². The van der Waals surface area contributed by atoms with E-state index in [1.165, 1.54) is 11.6 Å². The highest BCUT2D eigenvalue weighted by Gasteiger charge is 2.29. The Morgan fingerprint density at radius 3 is 2.71 bits per heavy atom. The van der Waals surface area contributed by atoms with E-state index in [4.69, 9.17) is 0 Å². The van der Waals surface area contributed by atoms with E-state index in [9.17, 15) is 13.7 Å². The monoisotopic (exact) mass is 502 g/mol. The summed E-state index contributed by atoms with van der Waals surface area (Å²) in [7, 11) is -1.20. The molecule has 1 unspecified atom stereocenters. The minimum absolute atomic E-state index is 0.317. The van der Waals surface area contributed by atoms with Crippen molar-refractivity contribution in [3.05, 3.63) is 75.5 Å². The molecule has 0 aliphatic carbocycles. The van der Waals surface area contributed by atoms with Gasteiger partial charge in [-0.3, -0.25) is 0 Å². The molecule has 2 N–H and O–H groups in total. The van der Waals surface area contributed by atoms with Crippen LogP contribution in [0.25, 0.3) is 0 Å². The molecule has 162 valence electrons. The molecular formula is C24H24BrFN2O2S. The van der Waals surface area contributed by atoms with Crippen LogP contribution in [0, 0.1) is 19.7 Å². The van der Waals surface area contributed by atoms with Crippen molar-refractivity contribution < 1.29 is 13.7 Å². The summed E-state index contributed by atoms with van der Waals surface area (Å²) in [4.78, 5) is 3.94. The van der Waals surface area contributed by atoms with E-state index < -0.39 is 16.6 Å². The van der Waals surface area contributed by atoms with Gasteiger partial charge < -0.3 is 15.3 Å². The number of para-hydroxylation sites is 1. The quantitative estimate of drug-likeness (QED) is 0.424. The maximum atomic E-state index is 13.7. The predicted octanol–water partition coefficient (Wildman–Crippen LogP) is 5.71. The highest BCUT2D eigenvalue weighted by molar-refractivity contribution is 9.10. The lowest BCUT2D eigenvalue weighted by Crippen LogP contribution is -2.28. The number of hydrogen-bond donors (Lipinski definition) is 2. The summed E-state index contributed by atoms with van der Waals surface area (Å²) < 4.78 is 27.5. The summed E-state index contributed by atoms with van der Waals surface area (Å²) in [5.74, 6) is -0.949. The van der Waals surface area contributed by atoms with Gasteiger partial charge in [0.05, 0.1) is 32.0 Å². The van der Waals surface area contributed by atoms with Crippen LogP contribution >= 0.6 is 15.9 Å². The Morgan fingerprint density at radius 1 is 1.13 bits per heavy atom. The van der Waals surface area contributed by atoms with Crippen molar-refractivity contribution in [3.8, 4) is 5.75 Å². The number of aromatic hydroxyl groups is 1. The lowest BCUT2D eigenvalue weighted by atomic mass is 10.1. The molecule has 7 heteroatoms. The van der Waals surface area contributed by atoms with Crippen LogP contribution in [-0.4, -0.2) is 22.4 Å². The number of nitrogens with zero attached hydrogens (tertiary/aromatic N) is 1. The Labute approximate surface area is 192 Å². The molecule has 3 aromatic carbocycles. The number of benzene rings is 3. The molecule has 0 bridgehead atoms. The van der Waals surface area contributed by atoms with Crippen LogP contribution in [0.15, 0.2) is 62.8 Å². The van der Waals surface area contributed by atoms with Crippen molar-refractivity contribution in [1.29, 1.82) is 0 Å². The van der Waals surface area contributed by atoms with Gasteiger partial charge in [-0.05, 0) is 68.3 Å². The molecule has 0 amide bonds. The summed E-state index contributed by atoms with van der Waals surface area (Å²) in [6.07, 6.45) is 0.824. The number of aryl methyl sites for hydroxylation is 1. The third-order valence-electron chi connectivity index (χ3n) is 5.65. The zero-order chi connectivity index (χ0) is 22.1. The molecule has 4 rings (SSSR count). The molecule has 1 heterocycles. The molecule has 1 aliphatic rings. The third kappa shape index (κ3) is 4.27. The van der Waals surface area contributed by atoms with Crippen LogP contribution in [-0.2, 0) is 17.3 Å². The van der Waals surface area contributed by atoms with E-state index in [1.54, 1.807) is 6.07 Å². The highest BCUT2D eigenvalue weighted by atomic mass is 79.9. The van der Waals surface area contributed by atoms with Crippen LogP contribution in [0.4, 0.5) is 15.8 Å². The fourth-order valence-corrected chi connectivity index (χ4v) is 5.82. The number of fused-ring (bicyclic) bond motifs is 2. The van der Waals surface area contributed by atoms with Crippen molar-refractivity contribution >= 4 is 38.1 Å². The molecule has 0 aromatic heterocycles. The highest BCUT2D eigenvalue weighted by Crippen LogP contribution is 2.44. The normalized spacial score (nSPS) is 15.0. The number of nitrogens with one attached hydrogen (secondary N) is 1. The van der Waals surface area contributed by atoms with Crippen molar-refractivity contribution in [2.45, 2.75) is 36.6 Å². The van der Waals surface area contributed by atoms with Gasteiger partial charge in [0, 0.05) is 23.1 Å². The van der Waals surface area contributed by atoms with E-state index in [0.717, 1.165) is 39.7 Å². The Balaban J connectivity index is 1.50. The average molecular weight is 503 g/mol. The smallest absolute Gasteiger partial charge is 0.166 e. The lowest BCUT2D eigenvalue weighted by Gasteiger charge is -2.34. The maximum absolute atomic E-state index is 13.7. The summed E-state index contributed by atoms with van der Waals surface area (Å²) in [5, 5.41) is 13.2. The zero-order valence-electron chi connectivity index (χ0n) is 17.4.